The SMILES string of the molecule is O=c1oc2ccccc2c(O)c1C(c1ccc(Br)cc1)c1c(O)c2ccccc2oc1=O. The van der Waals surface area contributed by atoms with Crippen LogP contribution in [0.2, 0.25) is 0 Å². The van der Waals surface area contributed by atoms with Gasteiger partial charge in [0.25, 0.3) is 0 Å². The van der Waals surface area contributed by atoms with Gasteiger partial charge in [0.15, 0.2) is 0 Å². The standard InChI is InChI=1S/C25H15BrO6/c26-14-11-9-13(10-12-14)19(20-22(27)15-5-1-3-7-17(15)31-24(20)29)21-23(28)16-6-2-4-8-18(16)32-25(21)30/h1-12,19,27-28H. The molecule has 7 heteroatoms. The highest BCUT2D eigenvalue weighted by Crippen LogP contribution is 2.41. The van der Waals surface area contributed by atoms with Crippen LogP contribution in [0.5, 0.6) is 11.5 Å². The summed E-state index contributed by atoms with van der Waals surface area (Å²) >= 11 is 3.37. The van der Waals surface area contributed by atoms with Crippen molar-refractivity contribution in [2.75, 3.05) is 0 Å². The van der Waals surface area contributed by atoms with Crippen molar-refractivity contribution >= 4 is 37.9 Å². The first-order chi connectivity index (χ1) is 15.5. The summed E-state index contributed by atoms with van der Waals surface area (Å²) < 4.78 is 11.7. The van der Waals surface area contributed by atoms with Crippen LogP contribution in [0.3, 0.4) is 0 Å². The van der Waals surface area contributed by atoms with Gasteiger partial charge >= 0.3 is 11.3 Å². The van der Waals surface area contributed by atoms with E-state index in [1.54, 1.807) is 72.8 Å². The van der Waals surface area contributed by atoms with Crippen LogP contribution in [0.1, 0.15) is 22.6 Å². The van der Waals surface area contributed by atoms with E-state index in [4.69, 9.17) is 8.83 Å². The molecular formula is C25H15BrO6. The van der Waals surface area contributed by atoms with Crippen LogP contribution in [-0.4, -0.2) is 10.2 Å². The van der Waals surface area contributed by atoms with Gasteiger partial charge in [0.1, 0.15) is 22.7 Å². The lowest BCUT2D eigenvalue weighted by Gasteiger charge is -2.19. The van der Waals surface area contributed by atoms with E-state index in [9.17, 15) is 19.8 Å². The number of halogens is 1. The number of rotatable bonds is 3. The van der Waals surface area contributed by atoms with Gasteiger partial charge in [-0.1, -0.05) is 52.3 Å². The van der Waals surface area contributed by atoms with Crippen LogP contribution >= 0.6 is 15.9 Å². The maximum atomic E-state index is 13.0. The molecule has 5 aromatic rings. The lowest BCUT2D eigenvalue weighted by Crippen LogP contribution is -2.21. The van der Waals surface area contributed by atoms with Crippen LogP contribution in [-0.2, 0) is 0 Å². The second-order valence-corrected chi connectivity index (χ2v) is 8.20. The van der Waals surface area contributed by atoms with Gasteiger partial charge in [0.2, 0.25) is 0 Å². The van der Waals surface area contributed by atoms with E-state index >= 15 is 0 Å². The maximum Gasteiger partial charge on any atom is 0.344 e. The summed E-state index contributed by atoms with van der Waals surface area (Å²) in [6.45, 7) is 0. The summed E-state index contributed by atoms with van der Waals surface area (Å²) in [5.74, 6) is -1.78. The molecule has 5 rings (SSSR count). The van der Waals surface area contributed by atoms with Crippen LogP contribution < -0.4 is 11.3 Å². The molecule has 0 saturated heterocycles. The molecule has 0 aliphatic heterocycles. The quantitative estimate of drug-likeness (QED) is 0.335. The molecule has 32 heavy (non-hydrogen) atoms. The molecule has 0 aliphatic carbocycles. The maximum absolute atomic E-state index is 13.0. The molecule has 2 N–H and O–H groups in total. The Morgan fingerprint density at radius 3 is 1.56 bits per heavy atom. The fourth-order valence-corrected chi connectivity index (χ4v) is 4.20. The van der Waals surface area contributed by atoms with Crippen molar-refractivity contribution in [2.45, 2.75) is 5.92 Å². The van der Waals surface area contributed by atoms with Crippen LogP contribution in [0, 0.1) is 0 Å². The van der Waals surface area contributed by atoms with Crippen LogP contribution in [0.25, 0.3) is 21.9 Å². The third-order valence-electron chi connectivity index (χ3n) is 5.42. The predicted molar refractivity (Wildman–Crippen MR) is 123 cm³/mol. The van der Waals surface area contributed by atoms with E-state index < -0.39 is 17.2 Å². The van der Waals surface area contributed by atoms with Crippen molar-refractivity contribution in [3.05, 3.63) is 115 Å². The molecule has 0 spiro atoms. The molecule has 2 aromatic heterocycles. The van der Waals surface area contributed by atoms with E-state index in [1.165, 1.54) is 0 Å². The lowest BCUT2D eigenvalue weighted by atomic mass is 9.84. The molecule has 0 radical (unpaired) electrons. The molecule has 0 aliphatic rings. The monoisotopic (exact) mass is 490 g/mol. The Labute approximate surface area is 189 Å². The molecule has 3 aromatic carbocycles. The van der Waals surface area contributed by atoms with E-state index in [0.29, 0.717) is 16.3 Å². The minimum atomic E-state index is -1.13. The largest absolute Gasteiger partial charge is 0.507 e. The second kappa shape index (κ2) is 7.69. The minimum Gasteiger partial charge on any atom is -0.507 e. The molecular weight excluding hydrogens is 476 g/mol. The Kier molecular flexibility index (Phi) is 4.83. The fourth-order valence-electron chi connectivity index (χ4n) is 3.94. The first-order valence-corrected chi connectivity index (χ1v) is 10.5. The van der Waals surface area contributed by atoms with Crippen molar-refractivity contribution in [3.8, 4) is 11.5 Å². The Morgan fingerprint density at radius 1 is 0.656 bits per heavy atom. The highest BCUT2D eigenvalue weighted by molar-refractivity contribution is 9.10. The molecule has 0 fully saturated rings. The molecule has 158 valence electrons. The number of para-hydroxylation sites is 2. The van der Waals surface area contributed by atoms with E-state index in [-0.39, 0.29) is 33.8 Å². The normalized spacial score (nSPS) is 11.4. The number of hydrogen-bond donors (Lipinski definition) is 2. The number of fused-ring (bicyclic) bond motifs is 2. The molecule has 0 unspecified atom stereocenters. The Hall–Kier alpha value is -3.84. The van der Waals surface area contributed by atoms with Gasteiger partial charge in [-0.3, -0.25) is 0 Å². The molecule has 0 atom stereocenters. The highest BCUT2D eigenvalue weighted by Gasteiger charge is 2.32. The summed E-state index contributed by atoms with van der Waals surface area (Å²) in [7, 11) is 0. The molecule has 0 saturated carbocycles. The first kappa shape index (κ1) is 20.1. The molecule has 0 bridgehead atoms. The van der Waals surface area contributed by atoms with Gasteiger partial charge in [-0.25, -0.2) is 9.59 Å². The Bertz CT molecular complexity index is 1500. The summed E-state index contributed by atoms with van der Waals surface area (Å²) in [6.07, 6.45) is 0. The predicted octanol–water partition coefficient (Wildman–Crippen LogP) is 5.25. The van der Waals surface area contributed by atoms with Crippen molar-refractivity contribution in [3.63, 3.8) is 0 Å². The van der Waals surface area contributed by atoms with Gasteiger partial charge in [0.05, 0.1) is 27.8 Å². The van der Waals surface area contributed by atoms with Crippen LogP contribution in [0.15, 0.2) is 95.7 Å². The summed E-state index contributed by atoms with van der Waals surface area (Å²) in [5.41, 5.74) is -1.05. The summed E-state index contributed by atoms with van der Waals surface area (Å²) in [4.78, 5) is 26.1. The lowest BCUT2D eigenvalue weighted by molar-refractivity contribution is 0.441. The van der Waals surface area contributed by atoms with Gasteiger partial charge in [0, 0.05) is 4.47 Å². The van der Waals surface area contributed by atoms with Crippen molar-refractivity contribution in [1.29, 1.82) is 0 Å². The van der Waals surface area contributed by atoms with Crippen LogP contribution in [0.4, 0.5) is 0 Å². The zero-order chi connectivity index (χ0) is 22.4. The Morgan fingerprint density at radius 2 is 1.09 bits per heavy atom. The number of benzene rings is 3. The average molecular weight is 491 g/mol. The average Bonchev–Trinajstić information content (AvgIpc) is 2.78. The van der Waals surface area contributed by atoms with E-state index in [2.05, 4.69) is 15.9 Å². The number of hydrogen-bond acceptors (Lipinski definition) is 6. The van der Waals surface area contributed by atoms with E-state index in [0.717, 1.165) is 4.47 Å². The first-order valence-electron chi connectivity index (χ1n) is 9.70. The molecule has 2 heterocycles. The molecule has 0 amide bonds. The zero-order valence-corrected chi connectivity index (χ0v) is 18.0. The van der Waals surface area contributed by atoms with Crippen molar-refractivity contribution < 1.29 is 19.0 Å². The number of aromatic hydroxyl groups is 2. The topological polar surface area (TPSA) is 101 Å². The van der Waals surface area contributed by atoms with Gasteiger partial charge in [-0.2, -0.15) is 0 Å². The van der Waals surface area contributed by atoms with Crippen molar-refractivity contribution in [1.82, 2.24) is 0 Å². The van der Waals surface area contributed by atoms with E-state index in [1.807, 2.05) is 0 Å². The highest BCUT2D eigenvalue weighted by atomic mass is 79.9. The fraction of sp³-hybridized carbons (Fsp3) is 0.0400. The third kappa shape index (κ3) is 3.18. The van der Waals surface area contributed by atoms with Gasteiger partial charge in [-0.05, 0) is 42.0 Å². The second-order valence-electron chi connectivity index (χ2n) is 7.28. The third-order valence-corrected chi connectivity index (χ3v) is 5.95. The van der Waals surface area contributed by atoms with Crippen molar-refractivity contribution in [2.24, 2.45) is 0 Å². The van der Waals surface area contributed by atoms with Gasteiger partial charge < -0.3 is 19.0 Å². The summed E-state index contributed by atoms with van der Waals surface area (Å²) in [5, 5.41) is 22.8. The molecule has 6 nitrogen and oxygen atoms in total. The minimum absolute atomic E-state index is 0.163. The Balaban J connectivity index is 1.91. The van der Waals surface area contributed by atoms with Gasteiger partial charge in [-0.15, -0.1) is 0 Å². The summed E-state index contributed by atoms with van der Waals surface area (Å²) in [6, 6.07) is 20.0. The smallest absolute Gasteiger partial charge is 0.344 e. The zero-order valence-electron chi connectivity index (χ0n) is 16.4.